The van der Waals surface area contributed by atoms with Gasteiger partial charge in [-0.05, 0) is 19.3 Å². The van der Waals surface area contributed by atoms with Crippen LogP contribution < -0.4 is 5.73 Å². The first-order valence-electron chi connectivity index (χ1n) is 5.30. The van der Waals surface area contributed by atoms with Gasteiger partial charge in [0.05, 0.1) is 0 Å². The molecule has 0 aliphatic rings. The maximum atomic E-state index is 11.7. The van der Waals surface area contributed by atoms with Crippen molar-refractivity contribution in [2.75, 3.05) is 5.75 Å². The summed E-state index contributed by atoms with van der Waals surface area (Å²) in [4.78, 5) is 0. The van der Waals surface area contributed by atoms with Crippen LogP contribution in [0.2, 0.25) is 0 Å². The van der Waals surface area contributed by atoms with Crippen LogP contribution in [-0.4, -0.2) is 21.3 Å². The maximum absolute atomic E-state index is 11.7. The average molecular weight is 205 g/mol. The molecule has 0 heterocycles. The number of hydrogen-bond acceptors (Lipinski definition) is 2. The third kappa shape index (κ3) is 4.77. The molecule has 2 nitrogen and oxygen atoms in total. The van der Waals surface area contributed by atoms with Crippen molar-refractivity contribution in [1.29, 1.82) is 0 Å². The molecule has 0 bridgehead atoms. The molecule has 0 aromatic rings. The zero-order valence-electron chi connectivity index (χ0n) is 9.08. The van der Waals surface area contributed by atoms with E-state index in [2.05, 4.69) is 20.8 Å². The smallest absolute Gasteiger partial charge is 0.0496 e. The molecule has 0 aliphatic heterocycles. The Morgan fingerprint density at radius 3 is 2.23 bits per heavy atom. The molecule has 3 heteroatoms. The minimum absolute atomic E-state index is 0.127. The van der Waals surface area contributed by atoms with Crippen molar-refractivity contribution in [2.45, 2.75) is 57.7 Å². The molecule has 0 saturated carbocycles. The van der Waals surface area contributed by atoms with Gasteiger partial charge in [-0.15, -0.1) is 0 Å². The minimum Gasteiger partial charge on any atom is -0.327 e. The third-order valence-electron chi connectivity index (χ3n) is 2.24. The highest BCUT2D eigenvalue weighted by Crippen LogP contribution is 2.11. The van der Waals surface area contributed by atoms with Crippen LogP contribution in [0.4, 0.5) is 0 Å². The van der Waals surface area contributed by atoms with Crippen LogP contribution in [-0.2, 0) is 10.8 Å². The normalized spacial score (nSPS) is 18.2. The largest absolute Gasteiger partial charge is 0.327 e. The summed E-state index contributed by atoms with van der Waals surface area (Å²) in [5.41, 5.74) is 5.98. The molecule has 0 fully saturated rings. The van der Waals surface area contributed by atoms with Crippen LogP contribution in [0, 0.1) is 0 Å². The molecule has 0 spiro atoms. The summed E-state index contributed by atoms with van der Waals surface area (Å²) < 4.78 is 11.7. The molecule has 0 aromatic carbocycles. The Hall–Kier alpha value is 0.110. The van der Waals surface area contributed by atoms with E-state index < -0.39 is 10.8 Å². The topological polar surface area (TPSA) is 43.1 Å². The molecule has 80 valence electrons. The van der Waals surface area contributed by atoms with Crippen molar-refractivity contribution in [3.05, 3.63) is 0 Å². The highest BCUT2D eigenvalue weighted by molar-refractivity contribution is 7.85. The van der Waals surface area contributed by atoms with Crippen LogP contribution in [0.1, 0.15) is 46.5 Å². The SMILES string of the molecule is CCCC(N)C(CC)S(=O)CCC. The Kier molecular flexibility index (Phi) is 7.57. The van der Waals surface area contributed by atoms with Gasteiger partial charge in [-0.1, -0.05) is 27.2 Å². The summed E-state index contributed by atoms with van der Waals surface area (Å²) in [5.74, 6) is 0.802. The number of hydrogen-bond donors (Lipinski definition) is 1. The number of rotatable bonds is 7. The van der Waals surface area contributed by atoms with Crippen LogP contribution in [0.3, 0.4) is 0 Å². The van der Waals surface area contributed by atoms with Gasteiger partial charge in [0.2, 0.25) is 0 Å². The zero-order valence-corrected chi connectivity index (χ0v) is 9.90. The second-order valence-corrected chi connectivity index (χ2v) is 5.26. The third-order valence-corrected chi connectivity index (χ3v) is 4.41. The van der Waals surface area contributed by atoms with Gasteiger partial charge in [0.1, 0.15) is 0 Å². The van der Waals surface area contributed by atoms with E-state index in [9.17, 15) is 4.21 Å². The van der Waals surface area contributed by atoms with Crippen molar-refractivity contribution < 1.29 is 4.21 Å². The zero-order chi connectivity index (χ0) is 10.3. The van der Waals surface area contributed by atoms with Gasteiger partial charge in [-0.25, -0.2) is 0 Å². The van der Waals surface area contributed by atoms with Gasteiger partial charge < -0.3 is 5.73 Å². The summed E-state index contributed by atoms with van der Waals surface area (Å²) in [6.45, 7) is 6.26. The fraction of sp³-hybridized carbons (Fsp3) is 1.00. The Balaban J connectivity index is 4.06. The van der Waals surface area contributed by atoms with Gasteiger partial charge in [0.15, 0.2) is 0 Å². The van der Waals surface area contributed by atoms with Gasteiger partial charge in [0.25, 0.3) is 0 Å². The first-order chi connectivity index (χ1) is 6.17. The highest BCUT2D eigenvalue weighted by atomic mass is 32.2. The van der Waals surface area contributed by atoms with Gasteiger partial charge in [-0.2, -0.15) is 0 Å². The van der Waals surface area contributed by atoms with Gasteiger partial charge in [0, 0.05) is 27.8 Å². The second kappa shape index (κ2) is 7.51. The van der Waals surface area contributed by atoms with Crippen molar-refractivity contribution in [1.82, 2.24) is 0 Å². The molecule has 0 rings (SSSR count). The monoisotopic (exact) mass is 205 g/mol. The summed E-state index contributed by atoms with van der Waals surface area (Å²) >= 11 is 0. The van der Waals surface area contributed by atoms with Crippen LogP contribution in [0.25, 0.3) is 0 Å². The molecule has 0 radical (unpaired) electrons. The Bertz CT molecular complexity index is 150. The van der Waals surface area contributed by atoms with Gasteiger partial charge >= 0.3 is 0 Å². The van der Waals surface area contributed by atoms with Crippen molar-refractivity contribution in [3.63, 3.8) is 0 Å². The van der Waals surface area contributed by atoms with Crippen molar-refractivity contribution >= 4 is 10.8 Å². The van der Waals surface area contributed by atoms with E-state index >= 15 is 0 Å². The molecule has 0 amide bonds. The minimum atomic E-state index is -0.714. The lowest BCUT2D eigenvalue weighted by Gasteiger charge is -2.21. The summed E-state index contributed by atoms with van der Waals surface area (Å²) in [7, 11) is -0.714. The van der Waals surface area contributed by atoms with Crippen LogP contribution in [0.15, 0.2) is 0 Å². The van der Waals surface area contributed by atoms with E-state index in [1.54, 1.807) is 0 Å². The van der Waals surface area contributed by atoms with E-state index in [0.29, 0.717) is 0 Å². The van der Waals surface area contributed by atoms with E-state index in [1.165, 1.54) is 0 Å². The standard InChI is InChI=1S/C10H23NOS/c1-4-7-9(11)10(6-3)13(12)8-5-2/h9-10H,4-8,11H2,1-3H3. The maximum Gasteiger partial charge on any atom is 0.0496 e. The molecule has 2 N–H and O–H groups in total. The Labute approximate surface area is 84.7 Å². The van der Waals surface area contributed by atoms with Crippen molar-refractivity contribution in [2.24, 2.45) is 5.73 Å². The fourth-order valence-corrected chi connectivity index (χ4v) is 3.16. The predicted octanol–water partition coefficient (Wildman–Crippen LogP) is 2.05. The predicted molar refractivity (Wildman–Crippen MR) is 60.3 cm³/mol. The lowest BCUT2D eigenvalue weighted by molar-refractivity contribution is 0.549. The van der Waals surface area contributed by atoms with E-state index in [0.717, 1.165) is 31.4 Å². The lowest BCUT2D eigenvalue weighted by atomic mass is 10.1. The summed E-state index contributed by atoms with van der Waals surface area (Å²) in [6, 6.07) is 0.127. The second-order valence-electron chi connectivity index (χ2n) is 3.48. The van der Waals surface area contributed by atoms with Crippen LogP contribution >= 0.6 is 0 Å². The molecule has 0 aliphatic carbocycles. The number of nitrogens with two attached hydrogens (primary N) is 1. The Morgan fingerprint density at radius 2 is 1.85 bits per heavy atom. The summed E-state index contributed by atoms with van der Waals surface area (Å²) in [5, 5.41) is 0.208. The fourth-order valence-electron chi connectivity index (χ4n) is 1.56. The van der Waals surface area contributed by atoms with E-state index in [1.807, 2.05) is 0 Å². The quantitative estimate of drug-likeness (QED) is 0.691. The Morgan fingerprint density at radius 1 is 1.23 bits per heavy atom. The molecule has 0 aromatic heterocycles. The highest BCUT2D eigenvalue weighted by Gasteiger charge is 2.20. The first-order valence-corrected chi connectivity index (χ1v) is 6.68. The van der Waals surface area contributed by atoms with E-state index in [4.69, 9.17) is 5.73 Å². The first kappa shape index (κ1) is 13.1. The molecular weight excluding hydrogens is 182 g/mol. The molecule has 13 heavy (non-hydrogen) atoms. The molecule has 3 atom stereocenters. The van der Waals surface area contributed by atoms with Crippen molar-refractivity contribution in [3.8, 4) is 0 Å². The average Bonchev–Trinajstić information content (AvgIpc) is 2.06. The molecule has 0 saturated heterocycles. The molecular formula is C10H23NOS. The van der Waals surface area contributed by atoms with Crippen LogP contribution in [0.5, 0.6) is 0 Å². The lowest BCUT2D eigenvalue weighted by Crippen LogP contribution is -2.38. The molecule has 3 unspecified atom stereocenters. The van der Waals surface area contributed by atoms with Gasteiger partial charge in [-0.3, -0.25) is 4.21 Å². The summed E-state index contributed by atoms with van der Waals surface area (Å²) in [6.07, 6.45) is 4.00. The van der Waals surface area contributed by atoms with E-state index in [-0.39, 0.29) is 11.3 Å².